The highest BCUT2D eigenvalue weighted by Gasteiger charge is 2.30. The van der Waals surface area contributed by atoms with Crippen LogP contribution in [0, 0.1) is 0 Å². The fourth-order valence-electron chi connectivity index (χ4n) is 3.40. The fraction of sp³-hybridized carbons (Fsp3) is 0.500. The number of carbonyl (C=O) groups is 2. The quantitative estimate of drug-likeness (QED) is 0.672. The topological polar surface area (TPSA) is 82.7 Å². The first-order valence-corrected chi connectivity index (χ1v) is 8.05. The molecule has 8 heteroatoms. The van der Waals surface area contributed by atoms with Gasteiger partial charge < -0.3 is 20.3 Å². The van der Waals surface area contributed by atoms with Gasteiger partial charge in [-0.05, 0) is 18.6 Å². The van der Waals surface area contributed by atoms with E-state index in [4.69, 9.17) is 4.74 Å². The number of nitrogens with zero attached hydrogens (tertiary/aromatic N) is 1. The van der Waals surface area contributed by atoms with Gasteiger partial charge in [-0.2, -0.15) is 0 Å². The SMILES string of the molecule is Cl.O=C1CCC(Nc2ccc3c(c2)OCC2CNCCN32)C(=O)N1. The molecule has 0 aromatic heterocycles. The van der Waals surface area contributed by atoms with Crippen molar-refractivity contribution in [3.05, 3.63) is 18.2 Å². The predicted molar refractivity (Wildman–Crippen MR) is 93.0 cm³/mol. The summed E-state index contributed by atoms with van der Waals surface area (Å²) in [6, 6.07) is 5.96. The Labute approximate surface area is 146 Å². The van der Waals surface area contributed by atoms with E-state index in [0.29, 0.717) is 25.5 Å². The molecule has 2 atom stereocenters. The molecule has 3 aliphatic heterocycles. The molecule has 1 aromatic rings. The van der Waals surface area contributed by atoms with E-state index < -0.39 is 0 Å². The lowest BCUT2D eigenvalue weighted by atomic mass is 10.1. The number of rotatable bonds is 2. The molecular formula is C16H21ClN4O3. The number of hydrogen-bond acceptors (Lipinski definition) is 6. The van der Waals surface area contributed by atoms with Gasteiger partial charge in [-0.1, -0.05) is 0 Å². The number of hydrogen-bond donors (Lipinski definition) is 3. The smallest absolute Gasteiger partial charge is 0.249 e. The van der Waals surface area contributed by atoms with Crippen molar-refractivity contribution >= 4 is 35.6 Å². The van der Waals surface area contributed by atoms with Gasteiger partial charge in [0.2, 0.25) is 11.8 Å². The zero-order chi connectivity index (χ0) is 15.8. The number of amides is 2. The molecule has 3 N–H and O–H groups in total. The van der Waals surface area contributed by atoms with Gasteiger partial charge in [0, 0.05) is 37.8 Å². The number of carbonyl (C=O) groups excluding carboxylic acids is 2. The van der Waals surface area contributed by atoms with Crippen molar-refractivity contribution in [2.45, 2.75) is 24.9 Å². The third-order valence-corrected chi connectivity index (χ3v) is 4.63. The predicted octanol–water partition coefficient (Wildman–Crippen LogP) is 0.496. The van der Waals surface area contributed by atoms with E-state index in [0.717, 1.165) is 36.8 Å². The monoisotopic (exact) mass is 352 g/mol. The van der Waals surface area contributed by atoms with Crippen molar-refractivity contribution in [3.63, 3.8) is 0 Å². The minimum Gasteiger partial charge on any atom is -0.489 e. The van der Waals surface area contributed by atoms with E-state index in [2.05, 4.69) is 20.9 Å². The van der Waals surface area contributed by atoms with E-state index in [1.165, 1.54) is 0 Å². The van der Waals surface area contributed by atoms with Crippen LogP contribution in [-0.2, 0) is 9.59 Å². The van der Waals surface area contributed by atoms with Crippen LogP contribution < -0.4 is 25.6 Å². The molecule has 0 saturated carbocycles. The van der Waals surface area contributed by atoms with Crippen LogP contribution in [-0.4, -0.2) is 50.1 Å². The van der Waals surface area contributed by atoms with Crippen molar-refractivity contribution in [1.82, 2.24) is 10.6 Å². The third kappa shape index (κ3) is 3.14. The average Bonchev–Trinajstić information content (AvgIpc) is 2.57. The first kappa shape index (κ1) is 16.9. The van der Waals surface area contributed by atoms with Gasteiger partial charge in [0.1, 0.15) is 18.4 Å². The molecule has 130 valence electrons. The lowest BCUT2D eigenvalue weighted by Gasteiger charge is -2.42. The maximum Gasteiger partial charge on any atom is 0.249 e. The van der Waals surface area contributed by atoms with E-state index >= 15 is 0 Å². The first-order chi connectivity index (χ1) is 11.2. The van der Waals surface area contributed by atoms with Crippen LogP contribution in [0.15, 0.2) is 18.2 Å². The molecular weight excluding hydrogens is 332 g/mol. The lowest BCUT2D eigenvalue weighted by molar-refractivity contribution is -0.133. The minimum absolute atomic E-state index is 0. The summed E-state index contributed by atoms with van der Waals surface area (Å²) < 4.78 is 5.89. The number of fused-ring (bicyclic) bond motifs is 3. The normalized spacial score (nSPS) is 25.6. The largest absolute Gasteiger partial charge is 0.489 e. The van der Waals surface area contributed by atoms with Crippen molar-refractivity contribution in [1.29, 1.82) is 0 Å². The van der Waals surface area contributed by atoms with Crippen LogP contribution >= 0.6 is 12.4 Å². The Kier molecular flexibility index (Phi) is 4.82. The van der Waals surface area contributed by atoms with E-state index in [1.54, 1.807) is 0 Å². The standard InChI is InChI=1S/C16H20N4O3.ClH/c21-15-4-2-12(16(22)19-15)18-10-1-3-13-14(7-10)23-9-11-8-17-5-6-20(11)13;/h1,3,7,11-12,17-18H,2,4-6,8-9H2,(H,19,21,22);1H. The van der Waals surface area contributed by atoms with Gasteiger partial charge in [-0.3, -0.25) is 14.9 Å². The molecule has 3 heterocycles. The maximum absolute atomic E-state index is 11.8. The fourth-order valence-corrected chi connectivity index (χ4v) is 3.40. The second-order valence-corrected chi connectivity index (χ2v) is 6.19. The second-order valence-electron chi connectivity index (χ2n) is 6.19. The van der Waals surface area contributed by atoms with Crippen molar-refractivity contribution in [3.8, 4) is 5.75 Å². The molecule has 0 spiro atoms. The summed E-state index contributed by atoms with van der Waals surface area (Å²) >= 11 is 0. The minimum atomic E-state index is -0.374. The average molecular weight is 353 g/mol. The molecule has 0 aliphatic carbocycles. The Hall–Kier alpha value is -1.99. The van der Waals surface area contributed by atoms with Gasteiger partial charge in [-0.15, -0.1) is 12.4 Å². The molecule has 3 aliphatic rings. The van der Waals surface area contributed by atoms with Crippen LogP contribution in [0.25, 0.3) is 0 Å². The summed E-state index contributed by atoms with van der Waals surface area (Å²) in [6.07, 6.45) is 0.885. The molecule has 2 unspecified atom stereocenters. The van der Waals surface area contributed by atoms with Crippen LogP contribution in [0.3, 0.4) is 0 Å². The zero-order valence-corrected chi connectivity index (χ0v) is 14.0. The molecule has 0 bridgehead atoms. The first-order valence-electron chi connectivity index (χ1n) is 8.05. The molecule has 2 fully saturated rings. The van der Waals surface area contributed by atoms with Gasteiger partial charge in [0.25, 0.3) is 0 Å². The molecule has 0 radical (unpaired) electrons. The van der Waals surface area contributed by atoms with Gasteiger partial charge >= 0.3 is 0 Å². The molecule has 2 saturated heterocycles. The van der Waals surface area contributed by atoms with E-state index in [-0.39, 0.29) is 30.3 Å². The number of piperazine rings is 1. The molecule has 24 heavy (non-hydrogen) atoms. The van der Waals surface area contributed by atoms with Gasteiger partial charge in [0.05, 0.1) is 11.7 Å². The highest BCUT2D eigenvalue weighted by molar-refractivity contribution is 6.01. The van der Waals surface area contributed by atoms with E-state index in [1.807, 2.05) is 18.2 Å². The summed E-state index contributed by atoms with van der Waals surface area (Å²) in [4.78, 5) is 25.4. The van der Waals surface area contributed by atoms with Gasteiger partial charge in [-0.25, -0.2) is 0 Å². The number of ether oxygens (including phenoxy) is 1. The summed E-state index contributed by atoms with van der Waals surface area (Å²) in [5.74, 6) is 0.383. The summed E-state index contributed by atoms with van der Waals surface area (Å²) in [6.45, 7) is 3.56. The van der Waals surface area contributed by atoms with Crippen LogP contribution in [0.5, 0.6) is 5.75 Å². The molecule has 1 aromatic carbocycles. The van der Waals surface area contributed by atoms with Gasteiger partial charge in [0.15, 0.2) is 0 Å². The number of imide groups is 1. The van der Waals surface area contributed by atoms with Crippen LogP contribution in [0.1, 0.15) is 12.8 Å². The number of piperidine rings is 1. The molecule has 4 rings (SSSR count). The maximum atomic E-state index is 11.8. The number of halogens is 1. The number of benzene rings is 1. The van der Waals surface area contributed by atoms with Crippen LogP contribution in [0.2, 0.25) is 0 Å². The Bertz CT molecular complexity index is 654. The Morgan fingerprint density at radius 1 is 1.29 bits per heavy atom. The lowest BCUT2D eigenvalue weighted by Crippen LogP contribution is -2.55. The summed E-state index contributed by atoms with van der Waals surface area (Å²) in [7, 11) is 0. The molecule has 2 amide bonds. The van der Waals surface area contributed by atoms with Crippen molar-refractivity contribution < 1.29 is 14.3 Å². The zero-order valence-electron chi connectivity index (χ0n) is 13.2. The summed E-state index contributed by atoms with van der Waals surface area (Å²) in [5.41, 5.74) is 1.95. The Morgan fingerprint density at radius 2 is 2.17 bits per heavy atom. The summed E-state index contributed by atoms with van der Waals surface area (Å²) in [5, 5.41) is 8.94. The Balaban J connectivity index is 0.00000169. The third-order valence-electron chi connectivity index (χ3n) is 4.63. The highest BCUT2D eigenvalue weighted by Crippen LogP contribution is 2.36. The highest BCUT2D eigenvalue weighted by atomic mass is 35.5. The van der Waals surface area contributed by atoms with E-state index in [9.17, 15) is 9.59 Å². The number of anilines is 2. The Morgan fingerprint density at radius 3 is 3.00 bits per heavy atom. The van der Waals surface area contributed by atoms with Crippen molar-refractivity contribution in [2.75, 3.05) is 36.5 Å². The number of nitrogens with one attached hydrogen (secondary N) is 3. The van der Waals surface area contributed by atoms with Crippen molar-refractivity contribution in [2.24, 2.45) is 0 Å². The molecule has 7 nitrogen and oxygen atoms in total. The van der Waals surface area contributed by atoms with Crippen LogP contribution in [0.4, 0.5) is 11.4 Å². The second kappa shape index (κ2) is 6.86.